The highest BCUT2D eigenvalue weighted by Gasteiger charge is 2.63. The van der Waals surface area contributed by atoms with Crippen molar-refractivity contribution in [3.8, 4) is 0 Å². The van der Waals surface area contributed by atoms with E-state index < -0.39 is 11.4 Å². The summed E-state index contributed by atoms with van der Waals surface area (Å²) in [6, 6.07) is 7.54. The van der Waals surface area contributed by atoms with Crippen LogP contribution in [0.25, 0.3) is 0 Å². The van der Waals surface area contributed by atoms with E-state index in [0.29, 0.717) is 24.7 Å². The van der Waals surface area contributed by atoms with Gasteiger partial charge in [0.15, 0.2) is 0 Å². The number of nitrogens with two attached hydrogens (primary N) is 1. The van der Waals surface area contributed by atoms with Gasteiger partial charge in [0.1, 0.15) is 5.41 Å². The molecule has 2 aliphatic rings. The highest BCUT2D eigenvalue weighted by molar-refractivity contribution is 6.30. The summed E-state index contributed by atoms with van der Waals surface area (Å²) in [5.41, 5.74) is 6.52. The van der Waals surface area contributed by atoms with Crippen LogP contribution in [0.1, 0.15) is 19.3 Å². The van der Waals surface area contributed by atoms with Crippen molar-refractivity contribution < 1.29 is 9.90 Å². The number of anilines is 1. The predicted octanol–water partition coefficient (Wildman–Crippen LogP) is 2.38. The fourth-order valence-electron chi connectivity index (χ4n) is 3.26. The molecule has 22 heavy (non-hydrogen) atoms. The first-order chi connectivity index (χ1) is 10.6. The molecule has 0 aromatic heterocycles. The van der Waals surface area contributed by atoms with Crippen LogP contribution in [0.4, 0.5) is 5.69 Å². The topological polar surface area (TPSA) is 78.6 Å². The van der Waals surface area contributed by atoms with Crippen molar-refractivity contribution in [3.63, 3.8) is 0 Å². The molecule has 118 valence electrons. The largest absolute Gasteiger partial charge is 0.481 e. The Bertz CT molecular complexity index is 619. The summed E-state index contributed by atoms with van der Waals surface area (Å²) in [5, 5.41) is 13.6. The van der Waals surface area contributed by atoms with Gasteiger partial charge >= 0.3 is 5.97 Å². The summed E-state index contributed by atoms with van der Waals surface area (Å²) in [7, 11) is 0. The number of benzene rings is 1. The summed E-state index contributed by atoms with van der Waals surface area (Å²) < 4.78 is 0. The van der Waals surface area contributed by atoms with Gasteiger partial charge in [0.2, 0.25) is 0 Å². The lowest BCUT2D eigenvalue weighted by Crippen LogP contribution is -2.28. The van der Waals surface area contributed by atoms with Gasteiger partial charge in [0, 0.05) is 22.6 Å². The number of hydrogen-bond acceptors (Lipinski definition) is 4. The second-order valence-electron chi connectivity index (χ2n) is 5.94. The average molecular weight is 322 g/mol. The van der Waals surface area contributed by atoms with E-state index in [9.17, 15) is 9.90 Å². The molecule has 0 radical (unpaired) electrons. The Labute approximate surface area is 134 Å². The number of hydrogen-bond donors (Lipinski definition) is 3. The summed E-state index contributed by atoms with van der Waals surface area (Å²) >= 11 is 6.02. The Hall–Kier alpha value is -1.72. The van der Waals surface area contributed by atoms with E-state index in [4.69, 9.17) is 17.3 Å². The minimum absolute atomic E-state index is 0.173. The van der Waals surface area contributed by atoms with E-state index in [1.807, 2.05) is 35.4 Å². The lowest BCUT2D eigenvalue weighted by atomic mass is 9.97. The zero-order chi connectivity index (χ0) is 15.7. The normalized spacial score (nSPS) is 26.5. The molecule has 0 spiro atoms. The van der Waals surface area contributed by atoms with Gasteiger partial charge in [0.25, 0.3) is 0 Å². The maximum atomic E-state index is 11.8. The van der Waals surface area contributed by atoms with E-state index in [-0.39, 0.29) is 5.92 Å². The third kappa shape index (κ3) is 2.55. The van der Waals surface area contributed by atoms with Crippen LogP contribution in [0, 0.1) is 11.3 Å². The van der Waals surface area contributed by atoms with E-state index in [1.54, 1.807) is 0 Å². The predicted molar refractivity (Wildman–Crippen MR) is 86.5 cm³/mol. The Kier molecular flexibility index (Phi) is 4.02. The maximum Gasteiger partial charge on any atom is 0.315 e. The molecule has 1 aliphatic carbocycles. The maximum absolute atomic E-state index is 11.8. The molecule has 3 rings (SSSR count). The van der Waals surface area contributed by atoms with Gasteiger partial charge in [-0.3, -0.25) is 4.79 Å². The molecule has 1 fully saturated rings. The fourth-order valence-corrected chi connectivity index (χ4v) is 3.44. The summed E-state index contributed by atoms with van der Waals surface area (Å²) in [6.07, 6.45) is 4.32. The van der Waals surface area contributed by atoms with Crippen molar-refractivity contribution in [2.45, 2.75) is 19.3 Å². The van der Waals surface area contributed by atoms with Crippen molar-refractivity contribution >= 4 is 23.3 Å². The van der Waals surface area contributed by atoms with E-state index in [0.717, 1.165) is 24.2 Å². The molecule has 1 saturated carbocycles. The molecule has 0 bridgehead atoms. The van der Waals surface area contributed by atoms with Crippen molar-refractivity contribution in [2.75, 3.05) is 18.1 Å². The van der Waals surface area contributed by atoms with Crippen LogP contribution >= 0.6 is 11.6 Å². The first kappa shape index (κ1) is 15.2. The van der Waals surface area contributed by atoms with Crippen LogP contribution in [0.3, 0.4) is 0 Å². The average Bonchev–Trinajstić information content (AvgIpc) is 3.02. The van der Waals surface area contributed by atoms with Crippen molar-refractivity contribution in [1.29, 1.82) is 0 Å². The minimum atomic E-state index is -0.761. The van der Waals surface area contributed by atoms with Gasteiger partial charge in [-0.1, -0.05) is 17.7 Å². The molecule has 1 aromatic rings. The lowest BCUT2D eigenvalue weighted by Gasteiger charge is -2.14. The zero-order valence-corrected chi connectivity index (χ0v) is 13.0. The van der Waals surface area contributed by atoms with Gasteiger partial charge in [-0.15, -0.1) is 0 Å². The highest BCUT2D eigenvalue weighted by Crippen LogP contribution is 2.60. The van der Waals surface area contributed by atoms with Gasteiger partial charge in [-0.05, 0) is 49.9 Å². The number of halogens is 1. The Balaban J connectivity index is 1.80. The van der Waals surface area contributed by atoms with E-state index in [2.05, 4.69) is 5.32 Å². The van der Waals surface area contributed by atoms with Crippen molar-refractivity contribution in [2.24, 2.45) is 17.1 Å². The monoisotopic (exact) mass is 321 g/mol. The molecular formula is C16H20ClN3O2. The molecule has 1 aromatic carbocycles. The number of rotatable bonds is 6. The molecule has 0 amide bonds. The summed E-state index contributed by atoms with van der Waals surface area (Å²) in [5.74, 6) is -0.576. The molecule has 1 heterocycles. The standard InChI is InChI=1S/C16H20ClN3O2/c17-12-4-1-5-13(7-12)20-9-14(19-10-20)16(15(21)22)8-11(16)3-2-6-18/h1,4-5,7,9,11,19H,2-3,6,8,10,18H2,(H,21,22). The molecule has 5 nitrogen and oxygen atoms in total. The number of nitrogens with one attached hydrogen (secondary N) is 1. The number of carboxylic acids is 1. The Morgan fingerprint density at radius 3 is 3.05 bits per heavy atom. The van der Waals surface area contributed by atoms with Crippen LogP contribution < -0.4 is 16.0 Å². The minimum Gasteiger partial charge on any atom is -0.481 e. The number of nitrogens with zero attached hydrogens (tertiary/aromatic N) is 1. The van der Waals surface area contributed by atoms with Crippen molar-refractivity contribution in [3.05, 3.63) is 41.2 Å². The fraction of sp³-hybridized carbons (Fsp3) is 0.438. The van der Waals surface area contributed by atoms with E-state index >= 15 is 0 Å². The van der Waals surface area contributed by atoms with Gasteiger partial charge in [0.05, 0.1) is 6.67 Å². The van der Waals surface area contributed by atoms with Gasteiger partial charge < -0.3 is 21.1 Å². The second-order valence-corrected chi connectivity index (χ2v) is 6.37. The SMILES string of the molecule is NCCCC1CC1(C(=O)O)C1=CN(c2cccc(Cl)c2)CN1. The smallest absolute Gasteiger partial charge is 0.315 e. The van der Waals surface area contributed by atoms with Crippen LogP contribution in [-0.2, 0) is 4.79 Å². The molecule has 4 N–H and O–H groups in total. The second kappa shape index (κ2) is 5.82. The van der Waals surface area contributed by atoms with E-state index in [1.165, 1.54) is 0 Å². The molecule has 2 unspecified atom stereocenters. The Morgan fingerprint density at radius 2 is 2.36 bits per heavy atom. The Morgan fingerprint density at radius 1 is 1.55 bits per heavy atom. The number of carbonyl (C=O) groups is 1. The number of aliphatic carboxylic acids is 1. The van der Waals surface area contributed by atoms with Crippen LogP contribution in [-0.4, -0.2) is 24.3 Å². The van der Waals surface area contributed by atoms with Crippen LogP contribution in [0.2, 0.25) is 5.02 Å². The van der Waals surface area contributed by atoms with Crippen molar-refractivity contribution in [1.82, 2.24) is 5.32 Å². The molecule has 2 atom stereocenters. The molecule has 0 saturated heterocycles. The third-order valence-corrected chi connectivity index (χ3v) is 4.82. The zero-order valence-electron chi connectivity index (χ0n) is 12.3. The molecular weight excluding hydrogens is 302 g/mol. The van der Waals surface area contributed by atoms with Gasteiger partial charge in [-0.2, -0.15) is 0 Å². The third-order valence-electron chi connectivity index (χ3n) is 4.59. The van der Waals surface area contributed by atoms with Crippen LogP contribution in [0.5, 0.6) is 0 Å². The lowest BCUT2D eigenvalue weighted by molar-refractivity contribution is -0.142. The summed E-state index contributed by atoms with van der Waals surface area (Å²) in [6.45, 7) is 1.17. The number of carboxylic acid groups (broad SMARTS) is 1. The molecule has 6 heteroatoms. The van der Waals surface area contributed by atoms with Crippen LogP contribution in [0.15, 0.2) is 36.2 Å². The summed E-state index contributed by atoms with van der Waals surface area (Å²) in [4.78, 5) is 13.8. The molecule has 1 aliphatic heterocycles. The quantitative estimate of drug-likeness (QED) is 0.749. The first-order valence-corrected chi connectivity index (χ1v) is 7.87. The van der Waals surface area contributed by atoms with Gasteiger partial charge in [-0.25, -0.2) is 0 Å². The first-order valence-electron chi connectivity index (χ1n) is 7.50. The highest BCUT2D eigenvalue weighted by atomic mass is 35.5.